The van der Waals surface area contributed by atoms with Gasteiger partial charge in [-0.15, -0.1) is 0 Å². The predicted octanol–water partition coefficient (Wildman–Crippen LogP) is 4.33. The number of carbonyl (C=O) groups excluding carboxylic acids is 1. The third-order valence-electron chi connectivity index (χ3n) is 5.71. The minimum Gasteiger partial charge on any atom is -0.368 e. The second kappa shape index (κ2) is 9.21. The van der Waals surface area contributed by atoms with Crippen molar-refractivity contribution < 1.29 is 9.18 Å². The van der Waals surface area contributed by atoms with Crippen LogP contribution < -0.4 is 11.1 Å². The van der Waals surface area contributed by atoms with Gasteiger partial charge in [0.1, 0.15) is 17.7 Å². The Morgan fingerprint density at radius 1 is 1.09 bits per heavy atom. The molecular formula is C26H21ClFN5O. The van der Waals surface area contributed by atoms with Crippen LogP contribution in [-0.2, 0) is 17.9 Å². The monoisotopic (exact) mass is 473 g/mol. The molecule has 4 aromatic rings. The number of hydrogen-bond acceptors (Lipinski definition) is 4. The summed E-state index contributed by atoms with van der Waals surface area (Å²) in [4.78, 5) is 21.7. The number of imidazole rings is 1. The number of halogens is 2. The van der Waals surface area contributed by atoms with Crippen LogP contribution in [0.5, 0.6) is 0 Å². The van der Waals surface area contributed by atoms with Crippen molar-refractivity contribution >= 4 is 23.2 Å². The lowest BCUT2D eigenvalue weighted by Gasteiger charge is -2.14. The molecule has 1 atom stereocenters. The zero-order valence-electron chi connectivity index (χ0n) is 18.1. The Balaban J connectivity index is 1.55. The van der Waals surface area contributed by atoms with Gasteiger partial charge in [0.2, 0.25) is 5.91 Å². The molecule has 0 spiro atoms. The molecule has 3 aromatic carbocycles. The zero-order valence-corrected chi connectivity index (χ0v) is 18.8. The van der Waals surface area contributed by atoms with Crippen molar-refractivity contribution in [3.05, 3.63) is 118 Å². The maximum Gasteiger partial charge on any atom is 0.240 e. The number of aliphatic imine (C=N–C) groups is 1. The van der Waals surface area contributed by atoms with Crippen LogP contribution in [0.4, 0.5) is 4.39 Å². The van der Waals surface area contributed by atoms with E-state index in [2.05, 4.69) is 15.3 Å². The van der Waals surface area contributed by atoms with Crippen LogP contribution in [-0.4, -0.2) is 21.2 Å². The van der Waals surface area contributed by atoms with Gasteiger partial charge in [-0.2, -0.15) is 0 Å². The lowest BCUT2D eigenvalue weighted by molar-refractivity contribution is -0.120. The summed E-state index contributed by atoms with van der Waals surface area (Å²) in [7, 11) is 0. The second-order valence-corrected chi connectivity index (χ2v) is 8.40. The highest BCUT2D eigenvalue weighted by molar-refractivity contribution is 6.31. The van der Waals surface area contributed by atoms with Crippen molar-refractivity contribution in [2.24, 2.45) is 10.7 Å². The van der Waals surface area contributed by atoms with Gasteiger partial charge in [0.15, 0.2) is 0 Å². The van der Waals surface area contributed by atoms with Gasteiger partial charge in [0.25, 0.3) is 0 Å². The van der Waals surface area contributed by atoms with Crippen molar-refractivity contribution in [1.82, 2.24) is 14.9 Å². The lowest BCUT2D eigenvalue weighted by atomic mass is 10.00. The number of nitrogens with two attached hydrogens (primary N) is 1. The number of fused-ring (bicyclic) bond motifs is 3. The van der Waals surface area contributed by atoms with Gasteiger partial charge >= 0.3 is 0 Å². The first kappa shape index (κ1) is 22.0. The second-order valence-electron chi connectivity index (χ2n) is 7.96. The van der Waals surface area contributed by atoms with E-state index in [1.54, 1.807) is 36.5 Å². The summed E-state index contributed by atoms with van der Waals surface area (Å²) in [5.41, 5.74) is 9.52. The Morgan fingerprint density at radius 2 is 1.85 bits per heavy atom. The number of amides is 1. The van der Waals surface area contributed by atoms with Crippen LogP contribution in [0.15, 0.2) is 84.0 Å². The molecule has 0 saturated carbocycles. The SMILES string of the molecule is NC(=O)C(NCc1ccccc1)c1cn2c(n1)CN=C(c1ccccc1F)c1cc(Cl)ccc1-2. The molecule has 6 nitrogen and oxygen atoms in total. The molecule has 1 aliphatic rings. The molecule has 2 heterocycles. The Bertz CT molecular complexity index is 1400. The highest BCUT2D eigenvalue weighted by Crippen LogP contribution is 2.29. The van der Waals surface area contributed by atoms with Crippen LogP contribution in [0, 0.1) is 5.82 Å². The standard InChI is InChI=1S/C26H21ClFN5O/c27-17-10-11-22-19(12-17)24(18-8-4-5-9-20(18)28)31-14-23-32-21(15-33(22)23)25(26(29)34)30-13-16-6-2-1-3-7-16/h1-12,15,25,30H,13-14H2,(H2,29,34). The van der Waals surface area contributed by atoms with Gasteiger partial charge < -0.3 is 10.3 Å². The molecule has 3 N–H and O–H groups in total. The summed E-state index contributed by atoms with van der Waals surface area (Å²) in [6.45, 7) is 0.651. The van der Waals surface area contributed by atoms with Crippen molar-refractivity contribution in [3.8, 4) is 5.69 Å². The molecule has 0 bridgehead atoms. The Morgan fingerprint density at radius 3 is 2.62 bits per heavy atom. The molecule has 1 unspecified atom stereocenters. The van der Waals surface area contributed by atoms with Gasteiger partial charge in [-0.05, 0) is 35.9 Å². The summed E-state index contributed by atoms with van der Waals surface area (Å²) < 4.78 is 16.5. The third-order valence-corrected chi connectivity index (χ3v) is 5.95. The van der Waals surface area contributed by atoms with E-state index in [0.717, 1.165) is 11.3 Å². The highest BCUT2D eigenvalue weighted by atomic mass is 35.5. The average molecular weight is 474 g/mol. The fraction of sp³-hybridized carbons (Fsp3) is 0.115. The summed E-state index contributed by atoms with van der Waals surface area (Å²) in [5, 5.41) is 3.70. The van der Waals surface area contributed by atoms with Crippen LogP contribution in [0.25, 0.3) is 5.69 Å². The molecule has 1 amide bonds. The predicted molar refractivity (Wildman–Crippen MR) is 130 cm³/mol. The average Bonchev–Trinajstić information content (AvgIpc) is 3.18. The number of nitrogens with zero attached hydrogens (tertiary/aromatic N) is 3. The van der Waals surface area contributed by atoms with Crippen molar-refractivity contribution in [3.63, 3.8) is 0 Å². The van der Waals surface area contributed by atoms with Crippen LogP contribution in [0.2, 0.25) is 5.02 Å². The zero-order chi connectivity index (χ0) is 23.7. The molecule has 0 saturated heterocycles. The topological polar surface area (TPSA) is 85.3 Å². The quantitative estimate of drug-likeness (QED) is 0.437. The van der Waals surface area contributed by atoms with Crippen LogP contribution >= 0.6 is 11.6 Å². The minimum absolute atomic E-state index is 0.195. The van der Waals surface area contributed by atoms with Gasteiger partial charge in [-0.3, -0.25) is 15.1 Å². The first-order valence-corrected chi connectivity index (χ1v) is 11.1. The smallest absolute Gasteiger partial charge is 0.240 e. The van der Waals surface area contributed by atoms with Gasteiger partial charge in [-0.25, -0.2) is 9.37 Å². The normalized spacial score (nSPS) is 13.4. The summed E-state index contributed by atoms with van der Waals surface area (Å²) in [6.07, 6.45) is 1.77. The van der Waals surface area contributed by atoms with Gasteiger partial charge in [0.05, 0.1) is 23.6 Å². The van der Waals surface area contributed by atoms with E-state index >= 15 is 0 Å². The number of aromatic nitrogens is 2. The van der Waals surface area contributed by atoms with E-state index in [1.807, 2.05) is 41.0 Å². The molecule has 34 heavy (non-hydrogen) atoms. The Kier molecular flexibility index (Phi) is 5.96. The molecule has 8 heteroatoms. The molecule has 1 aliphatic heterocycles. The van der Waals surface area contributed by atoms with Crippen molar-refractivity contribution in [2.45, 2.75) is 19.1 Å². The number of hydrogen-bond donors (Lipinski definition) is 2. The van der Waals surface area contributed by atoms with Gasteiger partial charge in [0, 0.05) is 28.9 Å². The number of carbonyl (C=O) groups is 1. The fourth-order valence-corrected chi connectivity index (χ4v) is 4.26. The largest absolute Gasteiger partial charge is 0.368 e. The fourth-order valence-electron chi connectivity index (χ4n) is 4.09. The van der Waals surface area contributed by atoms with E-state index in [9.17, 15) is 9.18 Å². The van der Waals surface area contributed by atoms with E-state index in [4.69, 9.17) is 17.3 Å². The maximum atomic E-state index is 14.6. The summed E-state index contributed by atoms with van der Waals surface area (Å²) in [5.74, 6) is -0.292. The van der Waals surface area contributed by atoms with Crippen molar-refractivity contribution in [2.75, 3.05) is 0 Å². The number of nitrogens with one attached hydrogen (secondary N) is 1. The lowest BCUT2D eigenvalue weighted by Crippen LogP contribution is -2.33. The summed E-state index contributed by atoms with van der Waals surface area (Å²) in [6, 6.07) is 20.8. The molecule has 1 aromatic heterocycles. The number of primary amides is 1. The van der Waals surface area contributed by atoms with Crippen LogP contribution in [0.1, 0.15) is 34.3 Å². The molecule has 0 aliphatic carbocycles. The van der Waals surface area contributed by atoms with E-state index in [1.165, 1.54) is 6.07 Å². The van der Waals surface area contributed by atoms with Crippen molar-refractivity contribution in [1.29, 1.82) is 0 Å². The maximum absolute atomic E-state index is 14.6. The van der Waals surface area contributed by atoms with Gasteiger partial charge in [-0.1, -0.05) is 54.1 Å². The van der Waals surface area contributed by atoms with E-state index in [-0.39, 0.29) is 12.4 Å². The van der Waals surface area contributed by atoms with E-state index < -0.39 is 11.9 Å². The Labute approximate surface area is 200 Å². The number of rotatable bonds is 6. The minimum atomic E-state index is -0.787. The van der Waals surface area contributed by atoms with E-state index in [0.29, 0.717) is 39.9 Å². The molecule has 170 valence electrons. The first-order chi connectivity index (χ1) is 16.5. The first-order valence-electron chi connectivity index (χ1n) is 10.8. The number of benzene rings is 3. The summed E-state index contributed by atoms with van der Waals surface area (Å²) >= 11 is 6.30. The molecule has 5 rings (SSSR count). The third kappa shape index (κ3) is 4.23. The van der Waals surface area contributed by atoms with Crippen LogP contribution in [0.3, 0.4) is 0 Å². The highest BCUT2D eigenvalue weighted by Gasteiger charge is 2.26. The molecule has 0 radical (unpaired) electrons. The molecular weight excluding hydrogens is 453 g/mol. The Hall–Kier alpha value is -3.81. The molecule has 0 fully saturated rings.